The molecule has 1 aliphatic heterocycles. The number of nitrogens with one attached hydrogen (secondary N) is 1. The average molecular weight is 326 g/mol. The van der Waals surface area contributed by atoms with Gasteiger partial charge < -0.3 is 9.64 Å². The molecule has 2 rings (SSSR count). The Morgan fingerprint density at radius 3 is 2.50 bits per heavy atom. The highest BCUT2D eigenvalue weighted by atomic mass is 32.2. The van der Waals surface area contributed by atoms with E-state index in [1.807, 2.05) is 6.07 Å². The summed E-state index contributed by atoms with van der Waals surface area (Å²) in [6.45, 7) is 3.72. The lowest BCUT2D eigenvalue weighted by molar-refractivity contribution is -0.137. The quantitative estimate of drug-likeness (QED) is 0.843. The van der Waals surface area contributed by atoms with Crippen molar-refractivity contribution in [3.8, 4) is 0 Å². The third kappa shape index (κ3) is 4.53. The van der Waals surface area contributed by atoms with Gasteiger partial charge in [0.15, 0.2) is 0 Å². The van der Waals surface area contributed by atoms with Crippen molar-refractivity contribution in [2.75, 3.05) is 32.1 Å². The van der Waals surface area contributed by atoms with Crippen LogP contribution in [0.1, 0.15) is 24.9 Å². The number of carbonyl (C=O) groups excluding carboxylic acids is 1. The van der Waals surface area contributed by atoms with Crippen LogP contribution >= 0.6 is 0 Å². The van der Waals surface area contributed by atoms with Crippen LogP contribution in [0.15, 0.2) is 30.3 Å². The highest BCUT2D eigenvalue weighted by molar-refractivity contribution is 7.89. The van der Waals surface area contributed by atoms with Gasteiger partial charge in [-0.1, -0.05) is 37.3 Å². The summed E-state index contributed by atoms with van der Waals surface area (Å²) in [7, 11) is -3.49. The molecule has 7 heteroatoms. The predicted octanol–water partition coefficient (Wildman–Crippen LogP) is 0.916. The van der Waals surface area contributed by atoms with Crippen LogP contribution in [0.4, 0.5) is 0 Å². The molecule has 1 aromatic carbocycles. The highest BCUT2D eigenvalue weighted by Gasteiger charge is 2.30. The molecule has 1 heterocycles. The molecule has 0 aliphatic carbocycles. The van der Waals surface area contributed by atoms with Gasteiger partial charge in [0.05, 0.1) is 19.0 Å². The van der Waals surface area contributed by atoms with Gasteiger partial charge >= 0.3 is 0 Å². The Kier molecular flexibility index (Phi) is 5.93. The van der Waals surface area contributed by atoms with Crippen molar-refractivity contribution >= 4 is 15.9 Å². The lowest BCUT2D eigenvalue weighted by Gasteiger charge is -2.30. The molecule has 1 fully saturated rings. The number of morpholine rings is 1. The minimum absolute atomic E-state index is 0.00667. The number of nitrogens with zero attached hydrogens (tertiary/aromatic N) is 1. The van der Waals surface area contributed by atoms with Gasteiger partial charge in [0, 0.05) is 13.1 Å². The van der Waals surface area contributed by atoms with Crippen molar-refractivity contribution in [2.24, 2.45) is 0 Å². The van der Waals surface area contributed by atoms with E-state index in [1.54, 1.807) is 36.1 Å². The van der Waals surface area contributed by atoms with Crippen molar-refractivity contribution < 1.29 is 17.9 Å². The number of ether oxygens (including phenoxy) is 1. The van der Waals surface area contributed by atoms with E-state index in [1.165, 1.54) is 0 Å². The average Bonchev–Trinajstić information content (AvgIpc) is 2.54. The second-order valence-corrected chi connectivity index (χ2v) is 7.09. The van der Waals surface area contributed by atoms with Crippen molar-refractivity contribution in [3.05, 3.63) is 35.9 Å². The normalized spacial score (nSPS) is 17.2. The number of rotatable bonds is 6. The Morgan fingerprint density at radius 1 is 1.27 bits per heavy atom. The SMILES string of the molecule is CCCS(=O)(=O)N[C@H](C(=O)N1CCOCC1)c1ccccc1. The van der Waals surface area contributed by atoms with Crippen LogP contribution in [0, 0.1) is 0 Å². The molecule has 1 saturated heterocycles. The summed E-state index contributed by atoms with van der Waals surface area (Å²) in [5.41, 5.74) is 0.652. The van der Waals surface area contributed by atoms with Gasteiger partial charge in [0.2, 0.25) is 15.9 Å². The van der Waals surface area contributed by atoms with Gasteiger partial charge in [-0.3, -0.25) is 4.79 Å². The van der Waals surface area contributed by atoms with Crippen molar-refractivity contribution in [1.82, 2.24) is 9.62 Å². The van der Waals surface area contributed by atoms with Gasteiger partial charge in [-0.05, 0) is 12.0 Å². The van der Waals surface area contributed by atoms with Crippen LogP contribution < -0.4 is 4.72 Å². The van der Waals surface area contributed by atoms with E-state index in [0.29, 0.717) is 38.3 Å². The summed E-state index contributed by atoms with van der Waals surface area (Å²) in [5, 5.41) is 0. The van der Waals surface area contributed by atoms with E-state index in [-0.39, 0.29) is 11.7 Å². The van der Waals surface area contributed by atoms with Crippen LogP contribution in [0.2, 0.25) is 0 Å². The molecule has 122 valence electrons. The standard InChI is InChI=1S/C15H22N2O4S/c1-2-12-22(19,20)16-14(13-6-4-3-5-7-13)15(18)17-8-10-21-11-9-17/h3-7,14,16H,2,8-12H2,1H3/t14-/m0/s1. The minimum atomic E-state index is -3.49. The van der Waals surface area contributed by atoms with Crippen LogP contribution in [0.25, 0.3) is 0 Å². The number of sulfonamides is 1. The molecule has 1 N–H and O–H groups in total. The van der Waals surface area contributed by atoms with Crippen LogP contribution in [-0.4, -0.2) is 51.3 Å². The van der Waals surface area contributed by atoms with Gasteiger partial charge in [-0.25, -0.2) is 8.42 Å². The summed E-state index contributed by atoms with van der Waals surface area (Å²) in [6, 6.07) is 8.07. The van der Waals surface area contributed by atoms with Gasteiger partial charge in [0.25, 0.3) is 0 Å². The molecule has 1 atom stereocenters. The molecular formula is C15H22N2O4S. The summed E-state index contributed by atoms with van der Waals surface area (Å²) in [5.74, 6) is -0.221. The van der Waals surface area contributed by atoms with Gasteiger partial charge in [-0.2, -0.15) is 4.72 Å². The van der Waals surface area contributed by atoms with Gasteiger partial charge in [-0.15, -0.1) is 0 Å². The Morgan fingerprint density at radius 2 is 1.91 bits per heavy atom. The van der Waals surface area contributed by atoms with E-state index >= 15 is 0 Å². The number of hydrogen-bond donors (Lipinski definition) is 1. The Balaban J connectivity index is 2.23. The zero-order chi connectivity index (χ0) is 16.0. The molecule has 6 nitrogen and oxygen atoms in total. The van der Waals surface area contributed by atoms with Crippen molar-refractivity contribution in [3.63, 3.8) is 0 Å². The molecule has 0 saturated carbocycles. The van der Waals surface area contributed by atoms with E-state index in [4.69, 9.17) is 4.74 Å². The fraction of sp³-hybridized carbons (Fsp3) is 0.533. The Bertz CT molecular complexity index is 583. The number of hydrogen-bond acceptors (Lipinski definition) is 4. The first kappa shape index (κ1) is 16.9. The molecule has 1 aromatic rings. The lowest BCUT2D eigenvalue weighted by atomic mass is 10.1. The zero-order valence-corrected chi connectivity index (χ0v) is 13.5. The molecule has 1 amide bonds. The predicted molar refractivity (Wildman–Crippen MR) is 83.8 cm³/mol. The van der Waals surface area contributed by atoms with Crippen molar-refractivity contribution in [1.29, 1.82) is 0 Å². The molecule has 0 radical (unpaired) electrons. The fourth-order valence-corrected chi connectivity index (χ4v) is 3.63. The molecule has 22 heavy (non-hydrogen) atoms. The maximum absolute atomic E-state index is 12.7. The van der Waals surface area contributed by atoms with Crippen molar-refractivity contribution in [2.45, 2.75) is 19.4 Å². The smallest absolute Gasteiger partial charge is 0.245 e. The number of benzene rings is 1. The second kappa shape index (κ2) is 7.71. The van der Waals surface area contributed by atoms with E-state index < -0.39 is 16.1 Å². The molecule has 0 bridgehead atoms. The molecule has 0 aromatic heterocycles. The molecule has 1 aliphatic rings. The maximum Gasteiger partial charge on any atom is 0.245 e. The summed E-state index contributed by atoms with van der Waals surface area (Å²) in [4.78, 5) is 14.4. The number of carbonyl (C=O) groups is 1. The maximum atomic E-state index is 12.7. The van der Waals surface area contributed by atoms with E-state index in [9.17, 15) is 13.2 Å². The Labute approximate surface area is 131 Å². The first-order valence-electron chi connectivity index (χ1n) is 7.45. The molecule has 0 unspecified atom stereocenters. The van der Waals surface area contributed by atoms with E-state index in [0.717, 1.165) is 0 Å². The van der Waals surface area contributed by atoms with Crippen LogP contribution in [-0.2, 0) is 19.6 Å². The minimum Gasteiger partial charge on any atom is -0.378 e. The topological polar surface area (TPSA) is 75.7 Å². The van der Waals surface area contributed by atoms with Crippen LogP contribution in [0.3, 0.4) is 0 Å². The molecular weight excluding hydrogens is 304 g/mol. The second-order valence-electron chi connectivity index (χ2n) is 5.22. The monoisotopic (exact) mass is 326 g/mol. The van der Waals surface area contributed by atoms with Crippen LogP contribution in [0.5, 0.6) is 0 Å². The van der Waals surface area contributed by atoms with Gasteiger partial charge in [0.1, 0.15) is 6.04 Å². The molecule has 0 spiro atoms. The fourth-order valence-electron chi connectivity index (χ4n) is 2.38. The number of amides is 1. The lowest BCUT2D eigenvalue weighted by Crippen LogP contribution is -2.47. The Hall–Kier alpha value is -1.44. The zero-order valence-electron chi connectivity index (χ0n) is 12.7. The highest BCUT2D eigenvalue weighted by Crippen LogP contribution is 2.18. The first-order chi connectivity index (χ1) is 10.5. The largest absolute Gasteiger partial charge is 0.378 e. The third-order valence-corrected chi connectivity index (χ3v) is 5.01. The van der Waals surface area contributed by atoms with E-state index in [2.05, 4.69) is 4.72 Å². The first-order valence-corrected chi connectivity index (χ1v) is 9.10. The summed E-state index contributed by atoms with van der Waals surface area (Å²) < 4.78 is 32.0. The third-order valence-electron chi connectivity index (χ3n) is 3.47. The summed E-state index contributed by atoms with van der Waals surface area (Å²) >= 11 is 0. The summed E-state index contributed by atoms with van der Waals surface area (Å²) in [6.07, 6.45) is 0.503.